The summed E-state index contributed by atoms with van der Waals surface area (Å²) in [7, 11) is 1.31. The van der Waals surface area contributed by atoms with Gasteiger partial charge in [0.15, 0.2) is 0 Å². The highest BCUT2D eigenvalue weighted by molar-refractivity contribution is 6.03. The molecule has 0 saturated heterocycles. The molecule has 148 valence electrons. The first-order valence-electron chi connectivity index (χ1n) is 9.06. The van der Waals surface area contributed by atoms with Crippen LogP contribution in [0.25, 0.3) is 10.9 Å². The number of benzene rings is 2. The molecule has 4 rings (SSSR count). The third-order valence-corrected chi connectivity index (χ3v) is 4.34. The molecule has 0 radical (unpaired) electrons. The van der Waals surface area contributed by atoms with Crippen molar-refractivity contribution in [3.8, 4) is 0 Å². The van der Waals surface area contributed by atoms with E-state index in [1.54, 1.807) is 30.5 Å². The summed E-state index contributed by atoms with van der Waals surface area (Å²) in [5.41, 5.74) is 2.70. The van der Waals surface area contributed by atoms with Crippen LogP contribution in [-0.4, -0.2) is 33.9 Å². The average molecular weight is 399 g/mol. The molecule has 8 heteroatoms. The Hall–Kier alpha value is -4.33. The van der Waals surface area contributed by atoms with Crippen LogP contribution in [0.2, 0.25) is 0 Å². The lowest BCUT2D eigenvalue weighted by Gasteiger charge is -2.09. The van der Waals surface area contributed by atoms with Crippen molar-refractivity contribution in [2.45, 2.75) is 0 Å². The van der Waals surface area contributed by atoms with Gasteiger partial charge in [0.25, 0.3) is 5.91 Å². The van der Waals surface area contributed by atoms with Crippen LogP contribution in [0, 0.1) is 0 Å². The topological polar surface area (TPSA) is 106 Å². The predicted molar refractivity (Wildman–Crippen MR) is 113 cm³/mol. The van der Waals surface area contributed by atoms with Crippen LogP contribution < -0.4 is 10.6 Å². The number of amides is 1. The van der Waals surface area contributed by atoms with E-state index in [9.17, 15) is 9.59 Å². The molecule has 0 aliphatic carbocycles. The molecule has 2 N–H and O–H groups in total. The summed E-state index contributed by atoms with van der Waals surface area (Å²) < 4.78 is 4.65. The molecule has 0 aliphatic rings. The Morgan fingerprint density at radius 1 is 0.900 bits per heavy atom. The maximum Gasteiger partial charge on any atom is 0.337 e. The minimum atomic E-state index is -0.441. The summed E-state index contributed by atoms with van der Waals surface area (Å²) in [6.45, 7) is 0. The van der Waals surface area contributed by atoms with E-state index in [2.05, 4.69) is 30.3 Å². The minimum absolute atomic E-state index is 0.161. The van der Waals surface area contributed by atoms with Crippen LogP contribution in [0.1, 0.15) is 20.8 Å². The Bertz CT molecular complexity index is 1200. The van der Waals surface area contributed by atoms with Crippen LogP contribution in [0.5, 0.6) is 0 Å². The van der Waals surface area contributed by atoms with Crippen molar-refractivity contribution >= 4 is 40.0 Å². The van der Waals surface area contributed by atoms with Gasteiger partial charge in [-0.2, -0.15) is 0 Å². The second kappa shape index (κ2) is 8.36. The van der Waals surface area contributed by atoms with Crippen LogP contribution >= 0.6 is 0 Å². The van der Waals surface area contributed by atoms with Gasteiger partial charge < -0.3 is 15.4 Å². The van der Waals surface area contributed by atoms with Gasteiger partial charge in [0, 0.05) is 17.3 Å². The highest BCUT2D eigenvalue weighted by Gasteiger charge is 2.11. The summed E-state index contributed by atoms with van der Waals surface area (Å²) in [6.07, 6.45) is 4.60. The number of esters is 1. The Labute approximate surface area is 172 Å². The summed E-state index contributed by atoms with van der Waals surface area (Å²) in [6, 6.07) is 16.0. The number of carbonyl (C=O) groups is 2. The second-order valence-electron chi connectivity index (χ2n) is 6.32. The van der Waals surface area contributed by atoms with Gasteiger partial charge in [-0.1, -0.05) is 18.2 Å². The molecule has 2 heterocycles. The number of anilines is 3. The number of fused-ring (bicyclic) bond motifs is 1. The Balaban J connectivity index is 1.45. The van der Waals surface area contributed by atoms with Gasteiger partial charge in [-0.3, -0.25) is 9.78 Å². The lowest BCUT2D eigenvalue weighted by atomic mass is 10.2. The van der Waals surface area contributed by atoms with Crippen LogP contribution in [0.15, 0.2) is 73.2 Å². The standard InChI is InChI=1S/C22H17N5O3/c1-30-22(29)15-7-9-16(10-8-15)26-21(28)18-12-25-19(13-24-18)27-17-6-2-4-14-5-3-11-23-20(14)17/h2-13H,1H3,(H,25,27)(H,26,28). The van der Waals surface area contributed by atoms with Crippen LogP contribution in [0.4, 0.5) is 17.2 Å². The highest BCUT2D eigenvalue weighted by atomic mass is 16.5. The van der Waals surface area contributed by atoms with E-state index in [4.69, 9.17) is 0 Å². The number of carbonyl (C=O) groups excluding carboxylic acids is 2. The van der Waals surface area contributed by atoms with Gasteiger partial charge in [0.2, 0.25) is 0 Å². The number of nitrogens with zero attached hydrogens (tertiary/aromatic N) is 3. The molecule has 0 fully saturated rings. The van der Waals surface area contributed by atoms with Gasteiger partial charge in [-0.05, 0) is 36.4 Å². The van der Waals surface area contributed by atoms with Crippen molar-refractivity contribution in [3.05, 3.63) is 84.4 Å². The third kappa shape index (κ3) is 4.07. The number of pyridine rings is 1. The van der Waals surface area contributed by atoms with E-state index in [0.717, 1.165) is 16.6 Å². The monoisotopic (exact) mass is 399 g/mol. The zero-order valence-electron chi connectivity index (χ0n) is 16.0. The first-order chi connectivity index (χ1) is 14.6. The van der Waals surface area contributed by atoms with E-state index >= 15 is 0 Å². The molecule has 30 heavy (non-hydrogen) atoms. The second-order valence-corrected chi connectivity index (χ2v) is 6.32. The predicted octanol–water partition coefficient (Wildman–Crippen LogP) is 3.81. The maximum atomic E-state index is 12.4. The molecule has 2 aromatic carbocycles. The first kappa shape index (κ1) is 19.0. The number of ether oxygens (including phenoxy) is 1. The fourth-order valence-electron chi connectivity index (χ4n) is 2.86. The summed E-state index contributed by atoms with van der Waals surface area (Å²) >= 11 is 0. The fraction of sp³-hybridized carbons (Fsp3) is 0.0455. The van der Waals surface area contributed by atoms with Crippen molar-refractivity contribution in [2.75, 3.05) is 17.7 Å². The molecule has 2 aromatic heterocycles. The zero-order valence-corrected chi connectivity index (χ0v) is 16.0. The molecule has 8 nitrogen and oxygen atoms in total. The number of rotatable bonds is 5. The Kier molecular flexibility index (Phi) is 5.29. The molecule has 0 unspecified atom stereocenters. The molecule has 0 aliphatic heterocycles. The Morgan fingerprint density at radius 2 is 1.70 bits per heavy atom. The van der Waals surface area contributed by atoms with Gasteiger partial charge in [-0.15, -0.1) is 0 Å². The maximum absolute atomic E-state index is 12.4. The zero-order chi connectivity index (χ0) is 20.9. The van der Waals surface area contributed by atoms with Gasteiger partial charge in [0.1, 0.15) is 11.5 Å². The quantitative estimate of drug-likeness (QED) is 0.492. The van der Waals surface area contributed by atoms with Crippen molar-refractivity contribution in [3.63, 3.8) is 0 Å². The number of aromatic nitrogens is 3. The molecule has 0 atom stereocenters. The normalized spacial score (nSPS) is 10.4. The molecule has 4 aromatic rings. The van der Waals surface area contributed by atoms with Gasteiger partial charge >= 0.3 is 5.97 Å². The lowest BCUT2D eigenvalue weighted by Crippen LogP contribution is -2.14. The van der Waals surface area contributed by atoms with Crippen molar-refractivity contribution in [2.24, 2.45) is 0 Å². The number of hydrogen-bond donors (Lipinski definition) is 2. The number of para-hydroxylation sites is 1. The summed E-state index contributed by atoms with van der Waals surface area (Å²) in [4.78, 5) is 36.7. The van der Waals surface area contributed by atoms with E-state index < -0.39 is 11.9 Å². The minimum Gasteiger partial charge on any atom is -0.465 e. The van der Waals surface area contributed by atoms with E-state index in [0.29, 0.717) is 17.1 Å². The van der Waals surface area contributed by atoms with Crippen LogP contribution in [0.3, 0.4) is 0 Å². The van der Waals surface area contributed by atoms with Crippen molar-refractivity contribution in [1.29, 1.82) is 0 Å². The fourth-order valence-corrected chi connectivity index (χ4v) is 2.86. The SMILES string of the molecule is COC(=O)c1ccc(NC(=O)c2cnc(Nc3cccc4cccnc34)cn2)cc1. The van der Waals surface area contributed by atoms with E-state index in [1.165, 1.54) is 19.5 Å². The first-order valence-corrected chi connectivity index (χ1v) is 9.06. The van der Waals surface area contributed by atoms with Crippen molar-refractivity contribution in [1.82, 2.24) is 15.0 Å². The van der Waals surface area contributed by atoms with E-state index in [1.807, 2.05) is 30.3 Å². The number of methoxy groups -OCH3 is 1. The average Bonchev–Trinajstić information content (AvgIpc) is 2.80. The molecule has 0 saturated carbocycles. The van der Waals surface area contributed by atoms with E-state index in [-0.39, 0.29) is 5.69 Å². The van der Waals surface area contributed by atoms with Crippen LogP contribution in [-0.2, 0) is 4.74 Å². The lowest BCUT2D eigenvalue weighted by molar-refractivity contribution is 0.0600. The summed E-state index contributed by atoms with van der Waals surface area (Å²) in [5, 5.41) is 6.89. The Morgan fingerprint density at radius 3 is 2.43 bits per heavy atom. The summed E-state index contributed by atoms with van der Waals surface area (Å²) in [5.74, 6) is -0.359. The largest absolute Gasteiger partial charge is 0.465 e. The molecular formula is C22H17N5O3. The van der Waals surface area contributed by atoms with Crippen molar-refractivity contribution < 1.29 is 14.3 Å². The number of hydrogen-bond acceptors (Lipinski definition) is 7. The number of nitrogens with one attached hydrogen (secondary N) is 2. The molecular weight excluding hydrogens is 382 g/mol. The van der Waals surface area contributed by atoms with Gasteiger partial charge in [0.05, 0.1) is 36.3 Å². The highest BCUT2D eigenvalue weighted by Crippen LogP contribution is 2.23. The molecule has 0 bridgehead atoms. The third-order valence-electron chi connectivity index (χ3n) is 4.34. The smallest absolute Gasteiger partial charge is 0.337 e. The molecule has 1 amide bonds. The molecule has 0 spiro atoms. The van der Waals surface area contributed by atoms with Gasteiger partial charge in [-0.25, -0.2) is 14.8 Å².